The van der Waals surface area contributed by atoms with Gasteiger partial charge in [-0.05, 0) is 48.4 Å². The monoisotopic (exact) mass is 319 g/mol. The first-order valence-corrected chi connectivity index (χ1v) is 7.27. The normalized spacial score (nSPS) is 10.8. The first-order valence-electron chi connectivity index (χ1n) is 5.60. The number of nitrogens with zero attached hydrogens (tertiary/aromatic N) is 1. The lowest BCUT2D eigenvalue weighted by Crippen LogP contribution is -2.22. The van der Waals surface area contributed by atoms with Gasteiger partial charge >= 0.3 is 5.97 Å². The standard InChI is InChI=1S/C12H18BrNO2S/c1-14(6-3-4-12(15)16-2)7-5-11-8-10(13)9-17-11/h8-9H,3-7H2,1-2H3. The summed E-state index contributed by atoms with van der Waals surface area (Å²) in [6.07, 6.45) is 2.42. The second-order valence-electron chi connectivity index (χ2n) is 3.96. The van der Waals surface area contributed by atoms with Gasteiger partial charge in [-0.1, -0.05) is 0 Å². The van der Waals surface area contributed by atoms with Crippen LogP contribution >= 0.6 is 27.3 Å². The molecule has 0 spiro atoms. The van der Waals surface area contributed by atoms with E-state index in [-0.39, 0.29) is 5.97 Å². The summed E-state index contributed by atoms with van der Waals surface area (Å²) in [5, 5.41) is 2.10. The Morgan fingerprint density at radius 3 is 2.88 bits per heavy atom. The van der Waals surface area contributed by atoms with Crippen molar-refractivity contribution in [2.24, 2.45) is 0 Å². The highest BCUT2D eigenvalue weighted by molar-refractivity contribution is 9.10. The molecule has 0 fully saturated rings. The van der Waals surface area contributed by atoms with Gasteiger partial charge in [0, 0.05) is 27.7 Å². The minimum Gasteiger partial charge on any atom is -0.469 e. The lowest BCUT2D eigenvalue weighted by atomic mass is 10.3. The van der Waals surface area contributed by atoms with Crippen molar-refractivity contribution < 1.29 is 9.53 Å². The van der Waals surface area contributed by atoms with Crippen LogP contribution in [0.15, 0.2) is 15.9 Å². The van der Waals surface area contributed by atoms with Gasteiger partial charge < -0.3 is 9.64 Å². The lowest BCUT2D eigenvalue weighted by Gasteiger charge is -2.15. The van der Waals surface area contributed by atoms with E-state index in [1.807, 2.05) is 0 Å². The number of thiophene rings is 1. The maximum Gasteiger partial charge on any atom is 0.305 e. The Bertz CT molecular complexity index is 354. The zero-order valence-corrected chi connectivity index (χ0v) is 12.6. The van der Waals surface area contributed by atoms with Crippen molar-refractivity contribution >= 4 is 33.2 Å². The van der Waals surface area contributed by atoms with E-state index < -0.39 is 0 Å². The highest BCUT2D eigenvalue weighted by Gasteiger charge is 2.04. The quantitative estimate of drug-likeness (QED) is 0.724. The molecule has 0 unspecified atom stereocenters. The van der Waals surface area contributed by atoms with Gasteiger partial charge in [0.15, 0.2) is 0 Å². The molecule has 3 nitrogen and oxygen atoms in total. The lowest BCUT2D eigenvalue weighted by molar-refractivity contribution is -0.140. The number of rotatable bonds is 7. The van der Waals surface area contributed by atoms with Crippen molar-refractivity contribution in [2.45, 2.75) is 19.3 Å². The molecule has 0 N–H and O–H groups in total. The summed E-state index contributed by atoms with van der Waals surface area (Å²) in [4.78, 5) is 14.6. The van der Waals surface area contributed by atoms with Crippen molar-refractivity contribution in [3.8, 4) is 0 Å². The summed E-state index contributed by atoms with van der Waals surface area (Å²) in [5.74, 6) is -0.124. The van der Waals surface area contributed by atoms with Gasteiger partial charge in [-0.25, -0.2) is 0 Å². The number of halogens is 1. The van der Waals surface area contributed by atoms with Crippen LogP contribution in [0.3, 0.4) is 0 Å². The maximum absolute atomic E-state index is 10.9. The topological polar surface area (TPSA) is 29.5 Å². The molecular weight excluding hydrogens is 302 g/mol. The zero-order valence-electron chi connectivity index (χ0n) is 10.2. The molecular formula is C12H18BrNO2S. The van der Waals surface area contributed by atoms with Crippen LogP contribution in [0.25, 0.3) is 0 Å². The van der Waals surface area contributed by atoms with Gasteiger partial charge in [0.1, 0.15) is 0 Å². The highest BCUT2D eigenvalue weighted by Crippen LogP contribution is 2.20. The van der Waals surface area contributed by atoms with Gasteiger partial charge in [-0.2, -0.15) is 0 Å². The number of hydrogen-bond donors (Lipinski definition) is 0. The van der Waals surface area contributed by atoms with Crippen molar-refractivity contribution in [1.82, 2.24) is 4.90 Å². The van der Waals surface area contributed by atoms with Crippen LogP contribution < -0.4 is 0 Å². The van der Waals surface area contributed by atoms with E-state index in [0.717, 1.165) is 30.4 Å². The van der Waals surface area contributed by atoms with Crippen LogP contribution in [-0.4, -0.2) is 38.1 Å². The summed E-state index contributed by atoms with van der Waals surface area (Å²) in [6, 6.07) is 2.16. The predicted octanol–water partition coefficient (Wildman–Crippen LogP) is 2.94. The Morgan fingerprint density at radius 1 is 1.53 bits per heavy atom. The van der Waals surface area contributed by atoms with Gasteiger partial charge in [-0.15, -0.1) is 11.3 Å². The summed E-state index contributed by atoms with van der Waals surface area (Å²) < 4.78 is 5.76. The van der Waals surface area contributed by atoms with Crippen LogP contribution in [-0.2, 0) is 16.0 Å². The molecule has 5 heteroatoms. The smallest absolute Gasteiger partial charge is 0.305 e. The minimum atomic E-state index is -0.124. The molecule has 0 radical (unpaired) electrons. The summed E-state index contributed by atoms with van der Waals surface area (Å²) in [7, 11) is 3.51. The van der Waals surface area contributed by atoms with Crippen LogP contribution in [0.1, 0.15) is 17.7 Å². The number of carbonyl (C=O) groups excluding carboxylic acids is 1. The first kappa shape index (κ1) is 14.7. The molecule has 0 bridgehead atoms. The average molecular weight is 320 g/mol. The summed E-state index contributed by atoms with van der Waals surface area (Å²) >= 11 is 5.23. The van der Waals surface area contributed by atoms with Crippen LogP contribution in [0.5, 0.6) is 0 Å². The first-order chi connectivity index (χ1) is 8.11. The third kappa shape index (κ3) is 6.19. The molecule has 0 saturated carbocycles. The zero-order chi connectivity index (χ0) is 12.7. The second kappa shape index (κ2) is 7.84. The molecule has 0 aliphatic rings. The molecule has 0 aromatic carbocycles. The van der Waals surface area contributed by atoms with E-state index in [1.165, 1.54) is 12.0 Å². The minimum absolute atomic E-state index is 0.124. The Hall–Kier alpha value is -0.390. The molecule has 0 amide bonds. The molecule has 1 heterocycles. The van der Waals surface area contributed by atoms with Crippen molar-refractivity contribution in [3.05, 3.63) is 20.8 Å². The Balaban J connectivity index is 2.13. The van der Waals surface area contributed by atoms with Gasteiger partial charge in [0.25, 0.3) is 0 Å². The fourth-order valence-electron chi connectivity index (χ4n) is 1.49. The van der Waals surface area contributed by atoms with Gasteiger partial charge in [0.2, 0.25) is 0 Å². The van der Waals surface area contributed by atoms with E-state index >= 15 is 0 Å². The third-order valence-corrected chi connectivity index (χ3v) is 4.27. The molecule has 0 aliphatic heterocycles. The number of methoxy groups -OCH3 is 1. The van der Waals surface area contributed by atoms with E-state index in [0.29, 0.717) is 6.42 Å². The Kier molecular flexibility index (Phi) is 6.77. The molecule has 0 atom stereocenters. The fraction of sp³-hybridized carbons (Fsp3) is 0.583. The molecule has 1 rings (SSSR count). The summed E-state index contributed by atoms with van der Waals surface area (Å²) in [5.41, 5.74) is 0. The van der Waals surface area contributed by atoms with Gasteiger partial charge in [-0.3, -0.25) is 4.79 Å². The van der Waals surface area contributed by atoms with E-state index in [4.69, 9.17) is 0 Å². The number of carbonyl (C=O) groups is 1. The van der Waals surface area contributed by atoms with E-state index in [2.05, 4.69) is 44.1 Å². The molecule has 0 aliphatic carbocycles. The summed E-state index contributed by atoms with van der Waals surface area (Å²) in [6.45, 7) is 1.95. The molecule has 1 aromatic rings. The van der Waals surface area contributed by atoms with Crippen LogP contribution in [0, 0.1) is 0 Å². The average Bonchev–Trinajstić information content (AvgIpc) is 2.72. The Morgan fingerprint density at radius 2 is 2.29 bits per heavy atom. The molecule has 17 heavy (non-hydrogen) atoms. The SMILES string of the molecule is COC(=O)CCCN(C)CCc1cc(Br)cs1. The maximum atomic E-state index is 10.9. The van der Waals surface area contributed by atoms with Crippen molar-refractivity contribution in [1.29, 1.82) is 0 Å². The largest absolute Gasteiger partial charge is 0.469 e. The highest BCUT2D eigenvalue weighted by atomic mass is 79.9. The predicted molar refractivity (Wildman–Crippen MR) is 74.5 cm³/mol. The fourth-order valence-corrected chi connectivity index (χ4v) is 2.94. The second-order valence-corrected chi connectivity index (χ2v) is 5.88. The number of hydrogen-bond acceptors (Lipinski definition) is 4. The molecule has 1 aromatic heterocycles. The number of esters is 1. The Labute approximate surface area is 115 Å². The van der Waals surface area contributed by atoms with Gasteiger partial charge in [0.05, 0.1) is 7.11 Å². The van der Waals surface area contributed by atoms with E-state index in [1.54, 1.807) is 11.3 Å². The van der Waals surface area contributed by atoms with Crippen LogP contribution in [0.2, 0.25) is 0 Å². The number of ether oxygens (including phenoxy) is 1. The molecule has 96 valence electrons. The van der Waals surface area contributed by atoms with Crippen molar-refractivity contribution in [3.63, 3.8) is 0 Å². The van der Waals surface area contributed by atoms with Crippen LogP contribution in [0.4, 0.5) is 0 Å². The molecule has 0 saturated heterocycles. The van der Waals surface area contributed by atoms with Crippen molar-refractivity contribution in [2.75, 3.05) is 27.2 Å². The van der Waals surface area contributed by atoms with E-state index in [9.17, 15) is 4.79 Å². The third-order valence-electron chi connectivity index (χ3n) is 2.51. The number of likely N-dealkylation sites (N-methyl/N-ethyl adjacent to an activating group) is 1.